The maximum absolute atomic E-state index is 13.1. The number of pyridine rings is 2. The van der Waals surface area contributed by atoms with Crippen LogP contribution in [0.5, 0.6) is 0 Å². The van der Waals surface area contributed by atoms with Crippen LogP contribution in [0.25, 0.3) is 0 Å². The van der Waals surface area contributed by atoms with Crippen molar-refractivity contribution in [3.05, 3.63) is 47.7 Å². The number of aromatic nitrogens is 2. The zero-order valence-electron chi connectivity index (χ0n) is 16.8. The second kappa shape index (κ2) is 7.08. The van der Waals surface area contributed by atoms with Gasteiger partial charge in [-0.2, -0.15) is 0 Å². The summed E-state index contributed by atoms with van der Waals surface area (Å²) in [5.74, 6) is 1.32. The van der Waals surface area contributed by atoms with Crippen molar-refractivity contribution in [3.8, 4) is 0 Å². The van der Waals surface area contributed by atoms with Gasteiger partial charge in [-0.15, -0.1) is 0 Å². The summed E-state index contributed by atoms with van der Waals surface area (Å²) in [7, 11) is 0. The van der Waals surface area contributed by atoms with Crippen LogP contribution in [0.15, 0.2) is 30.5 Å². The van der Waals surface area contributed by atoms with E-state index in [0.717, 1.165) is 49.4 Å². The van der Waals surface area contributed by atoms with Gasteiger partial charge in [-0.05, 0) is 68.7 Å². The summed E-state index contributed by atoms with van der Waals surface area (Å²) in [5, 5.41) is 3.24. The van der Waals surface area contributed by atoms with E-state index >= 15 is 0 Å². The predicted molar refractivity (Wildman–Crippen MR) is 109 cm³/mol. The molecule has 2 aromatic heterocycles. The van der Waals surface area contributed by atoms with Crippen LogP contribution < -0.4 is 5.32 Å². The fourth-order valence-corrected chi connectivity index (χ4v) is 5.07. The largest absolute Gasteiger partial charge is 0.342 e. The SMILES string of the molecule is Cc1cc(Nc2ccc(F)cn2)cc(C2CCN(C(=O)[C@H]3CC34CCC4)CC2)n1. The number of nitrogens with one attached hydrogen (secondary N) is 1. The van der Waals surface area contributed by atoms with Crippen LogP contribution in [0.1, 0.15) is 55.8 Å². The summed E-state index contributed by atoms with van der Waals surface area (Å²) in [5.41, 5.74) is 3.31. The Hall–Kier alpha value is -2.50. The van der Waals surface area contributed by atoms with Crippen molar-refractivity contribution in [2.45, 2.75) is 51.4 Å². The minimum atomic E-state index is -0.349. The molecule has 5 rings (SSSR count). The average Bonchev–Trinajstić information content (AvgIpc) is 3.46. The zero-order chi connectivity index (χ0) is 20.0. The molecule has 1 N–H and O–H groups in total. The van der Waals surface area contributed by atoms with E-state index in [2.05, 4.69) is 21.3 Å². The Morgan fingerprint density at radius 1 is 1.24 bits per heavy atom. The lowest BCUT2D eigenvalue weighted by Crippen LogP contribution is -2.40. The van der Waals surface area contributed by atoms with Crippen molar-refractivity contribution in [2.75, 3.05) is 18.4 Å². The number of hydrogen-bond acceptors (Lipinski definition) is 4. The van der Waals surface area contributed by atoms with Crippen molar-refractivity contribution in [1.29, 1.82) is 0 Å². The maximum Gasteiger partial charge on any atom is 0.226 e. The van der Waals surface area contributed by atoms with E-state index in [1.54, 1.807) is 6.07 Å². The van der Waals surface area contributed by atoms with Crippen molar-refractivity contribution in [1.82, 2.24) is 14.9 Å². The molecule has 3 aliphatic rings. The number of hydrogen-bond donors (Lipinski definition) is 1. The molecule has 152 valence electrons. The van der Waals surface area contributed by atoms with Crippen molar-refractivity contribution in [3.63, 3.8) is 0 Å². The van der Waals surface area contributed by atoms with Gasteiger partial charge >= 0.3 is 0 Å². The quantitative estimate of drug-likeness (QED) is 0.826. The molecule has 5 nitrogen and oxygen atoms in total. The minimum absolute atomic E-state index is 0.309. The molecule has 3 fully saturated rings. The van der Waals surface area contributed by atoms with Crippen LogP contribution >= 0.6 is 0 Å². The molecule has 0 bridgehead atoms. The van der Waals surface area contributed by atoms with E-state index in [1.807, 2.05) is 13.0 Å². The van der Waals surface area contributed by atoms with Crippen LogP contribution in [0.4, 0.5) is 15.9 Å². The number of piperidine rings is 1. The molecule has 0 radical (unpaired) electrons. The van der Waals surface area contributed by atoms with E-state index < -0.39 is 0 Å². The van der Waals surface area contributed by atoms with Crippen LogP contribution in [0.3, 0.4) is 0 Å². The molecule has 0 unspecified atom stereocenters. The Bertz CT molecular complexity index is 917. The van der Waals surface area contributed by atoms with Crippen molar-refractivity contribution >= 4 is 17.4 Å². The Labute approximate surface area is 170 Å². The highest BCUT2D eigenvalue weighted by atomic mass is 19.1. The standard InChI is InChI=1S/C23H27FN4O/c1-15-11-18(27-21-4-3-17(24)14-25-21)12-20(26-15)16-5-9-28(10-6-16)22(29)19-13-23(19)7-2-8-23/h3-4,11-12,14,16,19H,2,5-10,13H2,1H3,(H,25,26,27)/t19-/m1/s1. The Morgan fingerprint density at radius 2 is 2.03 bits per heavy atom. The van der Waals surface area contributed by atoms with Gasteiger partial charge in [0.1, 0.15) is 11.6 Å². The Balaban J connectivity index is 1.23. The molecule has 29 heavy (non-hydrogen) atoms. The van der Waals surface area contributed by atoms with Gasteiger partial charge in [-0.25, -0.2) is 9.37 Å². The lowest BCUT2D eigenvalue weighted by Gasteiger charge is -2.34. The van der Waals surface area contributed by atoms with Gasteiger partial charge in [0.25, 0.3) is 0 Å². The zero-order valence-corrected chi connectivity index (χ0v) is 16.8. The molecule has 1 atom stereocenters. The normalized spacial score (nSPS) is 23.0. The van der Waals surface area contributed by atoms with Crippen LogP contribution in [-0.4, -0.2) is 33.9 Å². The first-order chi connectivity index (χ1) is 14.0. The Morgan fingerprint density at radius 3 is 2.66 bits per heavy atom. The van der Waals surface area contributed by atoms with Crippen LogP contribution in [0.2, 0.25) is 0 Å². The monoisotopic (exact) mass is 394 g/mol. The van der Waals surface area contributed by atoms with Gasteiger partial charge in [0.15, 0.2) is 0 Å². The van der Waals surface area contributed by atoms with Crippen LogP contribution in [0, 0.1) is 24.1 Å². The molecule has 1 aliphatic heterocycles. The molecule has 2 saturated carbocycles. The number of nitrogens with zero attached hydrogens (tertiary/aromatic N) is 3. The summed E-state index contributed by atoms with van der Waals surface area (Å²) in [6.45, 7) is 3.64. The van der Waals surface area contributed by atoms with Gasteiger partial charge in [0, 0.05) is 42.0 Å². The van der Waals surface area contributed by atoms with E-state index in [9.17, 15) is 9.18 Å². The highest BCUT2D eigenvalue weighted by Crippen LogP contribution is 2.66. The van der Waals surface area contributed by atoms with Gasteiger partial charge in [0.2, 0.25) is 5.91 Å². The number of aryl methyl sites for hydroxylation is 1. The molecule has 2 aromatic rings. The second-order valence-electron chi connectivity index (χ2n) is 8.98. The molecule has 1 amide bonds. The molecule has 1 saturated heterocycles. The molecule has 1 spiro atoms. The van der Waals surface area contributed by atoms with Gasteiger partial charge in [-0.3, -0.25) is 9.78 Å². The fourth-order valence-electron chi connectivity index (χ4n) is 5.07. The van der Waals surface area contributed by atoms with E-state index in [-0.39, 0.29) is 5.82 Å². The predicted octanol–water partition coefficient (Wildman–Crippen LogP) is 4.56. The Kier molecular flexibility index (Phi) is 4.52. The number of anilines is 2. The van der Waals surface area contributed by atoms with Gasteiger partial charge in [0.05, 0.1) is 6.20 Å². The highest BCUT2D eigenvalue weighted by molar-refractivity contribution is 5.83. The molecule has 0 aromatic carbocycles. The molecular formula is C23H27FN4O. The molecular weight excluding hydrogens is 367 g/mol. The third-order valence-corrected chi connectivity index (χ3v) is 7.04. The lowest BCUT2D eigenvalue weighted by molar-refractivity contribution is -0.135. The summed E-state index contributed by atoms with van der Waals surface area (Å²) < 4.78 is 13.1. The third-order valence-electron chi connectivity index (χ3n) is 7.04. The third kappa shape index (κ3) is 3.61. The van der Waals surface area contributed by atoms with E-state index in [4.69, 9.17) is 4.98 Å². The van der Waals surface area contributed by atoms with Crippen LogP contribution in [-0.2, 0) is 4.79 Å². The summed E-state index contributed by atoms with van der Waals surface area (Å²) in [6.07, 6.45) is 8.05. The summed E-state index contributed by atoms with van der Waals surface area (Å²) >= 11 is 0. The molecule has 3 heterocycles. The number of rotatable bonds is 4. The number of carbonyl (C=O) groups excluding carboxylic acids is 1. The maximum atomic E-state index is 13.1. The van der Waals surface area contributed by atoms with Crippen molar-refractivity contribution in [2.24, 2.45) is 11.3 Å². The number of likely N-dealkylation sites (tertiary alicyclic amines) is 1. The van der Waals surface area contributed by atoms with E-state index in [1.165, 1.54) is 31.5 Å². The summed E-state index contributed by atoms with van der Waals surface area (Å²) in [4.78, 5) is 23.7. The number of carbonyl (C=O) groups is 1. The van der Waals surface area contributed by atoms with Gasteiger partial charge in [-0.1, -0.05) is 6.42 Å². The first-order valence-corrected chi connectivity index (χ1v) is 10.7. The first kappa shape index (κ1) is 18.5. The molecule has 6 heteroatoms. The number of halogens is 1. The molecule has 2 aliphatic carbocycles. The minimum Gasteiger partial charge on any atom is -0.342 e. The van der Waals surface area contributed by atoms with Gasteiger partial charge < -0.3 is 10.2 Å². The summed E-state index contributed by atoms with van der Waals surface area (Å²) in [6, 6.07) is 7.05. The first-order valence-electron chi connectivity index (χ1n) is 10.7. The smallest absolute Gasteiger partial charge is 0.226 e. The fraction of sp³-hybridized carbons (Fsp3) is 0.522. The van der Waals surface area contributed by atoms with E-state index in [0.29, 0.717) is 29.0 Å². The lowest BCUT2D eigenvalue weighted by atomic mass is 9.79. The van der Waals surface area contributed by atoms with Crippen molar-refractivity contribution < 1.29 is 9.18 Å². The number of amides is 1. The second-order valence-corrected chi connectivity index (χ2v) is 8.98. The average molecular weight is 394 g/mol. The topological polar surface area (TPSA) is 58.1 Å². The highest BCUT2D eigenvalue weighted by Gasteiger charge is 2.61.